The van der Waals surface area contributed by atoms with Crippen LogP contribution in [-0.4, -0.2) is 21.9 Å². The fraction of sp³-hybridized carbons (Fsp3) is 0.438. The van der Waals surface area contributed by atoms with Crippen LogP contribution in [0.3, 0.4) is 0 Å². The molecule has 1 atom stereocenters. The van der Waals surface area contributed by atoms with Crippen molar-refractivity contribution in [3.05, 3.63) is 34.7 Å². The van der Waals surface area contributed by atoms with Gasteiger partial charge in [0.2, 0.25) is 0 Å². The number of pyridine rings is 2. The lowest BCUT2D eigenvalue weighted by Crippen LogP contribution is -2.29. The van der Waals surface area contributed by atoms with Gasteiger partial charge in [-0.05, 0) is 52.7 Å². The SMILES string of the molecule is O=C(NC1CC12CCCC2)c1ccc2cncc(Br)c2n1. The number of halogens is 1. The van der Waals surface area contributed by atoms with Crippen LogP contribution in [0.2, 0.25) is 0 Å². The van der Waals surface area contributed by atoms with Crippen molar-refractivity contribution >= 4 is 32.7 Å². The van der Waals surface area contributed by atoms with E-state index < -0.39 is 0 Å². The third-order valence-electron chi connectivity index (χ3n) is 4.88. The van der Waals surface area contributed by atoms with E-state index in [0.717, 1.165) is 21.8 Å². The molecule has 2 aliphatic carbocycles. The summed E-state index contributed by atoms with van der Waals surface area (Å²) in [5.74, 6) is -0.0608. The molecule has 5 heteroatoms. The fourth-order valence-corrected chi connectivity index (χ4v) is 3.99. The van der Waals surface area contributed by atoms with Crippen molar-refractivity contribution in [2.75, 3.05) is 0 Å². The highest BCUT2D eigenvalue weighted by atomic mass is 79.9. The van der Waals surface area contributed by atoms with Crippen molar-refractivity contribution in [2.24, 2.45) is 5.41 Å². The molecule has 1 amide bonds. The monoisotopic (exact) mass is 345 g/mol. The molecule has 2 fully saturated rings. The first-order valence-electron chi connectivity index (χ1n) is 7.39. The third-order valence-corrected chi connectivity index (χ3v) is 5.46. The number of amides is 1. The maximum absolute atomic E-state index is 12.4. The molecule has 2 aromatic heterocycles. The molecule has 0 aliphatic heterocycles. The summed E-state index contributed by atoms with van der Waals surface area (Å²) in [4.78, 5) is 21.0. The molecule has 21 heavy (non-hydrogen) atoms. The van der Waals surface area contributed by atoms with Crippen LogP contribution in [0, 0.1) is 5.41 Å². The van der Waals surface area contributed by atoms with Gasteiger partial charge in [0.15, 0.2) is 0 Å². The molecular weight excluding hydrogens is 330 g/mol. The van der Waals surface area contributed by atoms with Gasteiger partial charge in [0, 0.05) is 23.8 Å². The molecule has 0 saturated heterocycles. The van der Waals surface area contributed by atoms with Crippen molar-refractivity contribution in [1.82, 2.24) is 15.3 Å². The van der Waals surface area contributed by atoms with Crippen LogP contribution >= 0.6 is 15.9 Å². The highest BCUT2D eigenvalue weighted by Crippen LogP contribution is 2.57. The zero-order valence-electron chi connectivity index (χ0n) is 11.6. The number of fused-ring (bicyclic) bond motifs is 1. The molecule has 0 bridgehead atoms. The Labute approximate surface area is 131 Å². The Morgan fingerprint density at radius 3 is 2.90 bits per heavy atom. The van der Waals surface area contributed by atoms with Gasteiger partial charge >= 0.3 is 0 Å². The first-order chi connectivity index (χ1) is 10.2. The fourth-order valence-electron chi connectivity index (χ4n) is 3.55. The summed E-state index contributed by atoms with van der Waals surface area (Å²) < 4.78 is 0.813. The summed E-state index contributed by atoms with van der Waals surface area (Å²) in [6.45, 7) is 0. The topological polar surface area (TPSA) is 54.9 Å². The quantitative estimate of drug-likeness (QED) is 0.906. The molecule has 4 nitrogen and oxygen atoms in total. The van der Waals surface area contributed by atoms with Gasteiger partial charge in [0.25, 0.3) is 5.91 Å². The summed E-state index contributed by atoms with van der Waals surface area (Å²) in [6.07, 6.45) is 9.73. The van der Waals surface area contributed by atoms with Crippen LogP contribution in [0.15, 0.2) is 29.0 Å². The summed E-state index contributed by atoms with van der Waals surface area (Å²) >= 11 is 3.44. The van der Waals surface area contributed by atoms with Crippen LogP contribution in [0.4, 0.5) is 0 Å². The van der Waals surface area contributed by atoms with E-state index in [9.17, 15) is 4.79 Å². The zero-order chi connectivity index (χ0) is 14.4. The van der Waals surface area contributed by atoms with E-state index in [-0.39, 0.29) is 5.91 Å². The van der Waals surface area contributed by atoms with E-state index >= 15 is 0 Å². The number of carbonyl (C=O) groups excluding carboxylic acids is 1. The van der Waals surface area contributed by atoms with Gasteiger partial charge in [-0.2, -0.15) is 0 Å². The second-order valence-electron chi connectivity index (χ2n) is 6.19. The molecule has 1 N–H and O–H groups in total. The summed E-state index contributed by atoms with van der Waals surface area (Å²) in [5, 5.41) is 4.08. The van der Waals surface area contributed by atoms with Gasteiger partial charge in [0.05, 0.1) is 9.99 Å². The maximum Gasteiger partial charge on any atom is 0.270 e. The molecular formula is C16H16BrN3O. The maximum atomic E-state index is 12.4. The average molecular weight is 346 g/mol. The normalized spacial score (nSPS) is 22.6. The lowest BCUT2D eigenvalue weighted by atomic mass is 10.1. The van der Waals surface area contributed by atoms with Crippen LogP contribution in [-0.2, 0) is 0 Å². The van der Waals surface area contributed by atoms with Gasteiger partial charge in [-0.15, -0.1) is 0 Å². The molecule has 108 valence electrons. The Morgan fingerprint density at radius 1 is 1.29 bits per heavy atom. The second-order valence-corrected chi connectivity index (χ2v) is 7.04. The largest absolute Gasteiger partial charge is 0.347 e. The van der Waals surface area contributed by atoms with Gasteiger partial charge in [-0.1, -0.05) is 12.8 Å². The summed E-state index contributed by atoms with van der Waals surface area (Å²) in [6, 6.07) is 4.02. The number of carbonyl (C=O) groups is 1. The molecule has 4 rings (SSSR count). The molecule has 2 aliphatic rings. The Balaban J connectivity index is 1.56. The van der Waals surface area contributed by atoms with E-state index in [4.69, 9.17) is 0 Å². The molecule has 2 aromatic rings. The molecule has 0 radical (unpaired) electrons. The van der Waals surface area contributed by atoms with Crippen LogP contribution < -0.4 is 5.32 Å². The summed E-state index contributed by atoms with van der Waals surface area (Å²) in [5.41, 5.74) is 1.68. The van der Waals surface area contributed by atoms with Crippen molar-refractivity contribution in [3.63, 3.8) is 0 Å². The van der Waals surface area contributed by atoms with Crippen molar-refractivity contribution in [3.8, 4) is 0 Å². The highest BCUT2D eigenvalue weighted by Gasteiger charge is 2.55. The Bertz CT molecular complexity index is 725. The first-order valence-corrected chi connectivity index (χ1v) is 8.18. The number of hydrogen-bond acceptors (Lipinski definition) is 3. The van der Waals surface area contributed by atoms with Crippen molar-refractivity contribution in [2.45, 2.75) is 38.1 Å². The third kappa shape index (κ3) is 2.24. The highest BCUT2D eigenvalue weighted by molar-refractivity contribution is 9.10. The predicted octanol–water partition coefficient (Wildman–Crippen LogP) is 3.45. The Morgan fingerprint density at radius 2 is 2.10 bits per heavy atom. The summed E-state index contributed by atoms with van der Waals surface area (Å²) in [7, 11) is 0. The van der Waals surface area contributed by atoms with Crippen molar-refractivity contribution in [1.29, 1.82) is 0 Å². The van der Waals surface area contributed by atoms with E-state index in [0.29, 0.717) is 17.2 Å². The van der Waals surface area contributed by atoms with Gasteiger partial charge < -0.3 is 5.32 Å². The van der Waals surface area contributed by atoms with Gasteiger partial charge in [0.1, 0.15) is 5.69 Å². The second kappa shape index (κ2) is 4.77. The zero-order valence-corrected chi connectivity index (χ0v) is 13.2. The Hall–Kier alpha value is -1.49. The van der Waals surface area contributed by atoms with Crippen LogP contribution in [0.1, 0.15) is 42.6 Å². The smallest absolute Gasteiger partial charge is 0.270 e. The molecule has 1 spiro atoms. The van der Waals surface area contributed by atoms with E-state index in [1.807, 2.05) is 6.07 Å². The van der Waals surface area contributed by atoms with Crippen LogP contribution in [0.5, 0.6) is 0 Å². The minimum absolute atomic E-state index is 0.0608. The van der Waals surface area contributed by atoms with E-state index in [1.165, 1.54) is 25.7 Å². The minimum Gasteiger partial charge on any atom is -0.347 e. The number of aromatic nitrogens is 2. The minimum atomic E-state index is -0.0608. The van der Waals surface area contributed by atoms with Crippen LogP contribution in [0.25, 0.3) is 10.9 Å². The van der Waals surface area contributed by atoms with Gasteiger partial charge in [-0.3, -0.25) is 9.78 Å². The molecule has 0 aromatic carbocycles. The number of nitrogens with zero attached hydrogens (tertiary/aromatic N) is 2. The first kappa shape index (κ1) is 13.2. The Kier molecular flexibility index (Phi) is 2.99. The number of rotatable bonds is 2. The predicted molar refractivity (Wildman–Crippen MR) is 84.0 cm³/mol. The van der Waals surface area contributed by atoms with E-state index in [2.05, 4.69) is 31.2 Å². The molecule has 2 heterocycles. The average Bonchev–Trinajstić information content (AvgIpc) is 2.93. The lowest BCUT2D eigenvalue weighted by Gasteiger charge is -2.10. The van der Waals surface area contributed by atoms with Crippen molar-refractivity contribution < 1.29 is 4.79 Å². The van der Waals surface area contributed by atoms with Gasteiger partial charge in [-0.25, -0.2) is 4.98 Å². The molecule has 1 unspecified atom stereocenters. The number of nitrogens with one attached hydrogen (secondary N) is 1. The van der Waals surface area contributed by atoms with E-state index in [1.54, 1.807) is 18.5 Å². The lowest BCUT2D eigenvalue weighted by molar-refractivity contribution is 0.0940. The molecule has 2 saturated carbocycles. The standard InChI is InChI=1S/C16H16BrN3O/c17-11-9-18-8-10-3-4-12(19-14(10)11)15(21)20-13-7-16(13)5-1-2-6-16/h3-4,8-9,13H,1-2,5-7H2,(H,20,21). The number of hydrogen-bond donors (Lipinski definition) is 1.